The molecule has 1 heterocycles. The zero-order valence-corrected chi connectivity index (χ0v) is 16.0. The number of benzene rings is 2. The zero-order chi connectivity index (χ0) is 20.1. The maximum Gasteiger partial charge on any atom is 0.273 e. The van der Waals surface area contributed by atoms with Crippen molar-refractivity contribution in [1.29, 1.82) is 0 Å². The second-order valence-electron chi connectivity index (χ2n) is 5.83. The van der Waals surface area contributed by atoms with Crippen LogP contribution >= 0.6 is 11.3 Å². The monoisotopic (exact) mass is 399 g/mol. The maximum absolute atomic E-state index is 12.1. The number of anilines is 1. The van der Waals surface area contributed by atoms with Gasteiger partial charge in [-0.25, -0.2) is 4.98 Å². The van der Waals surface area contributed by atoms with Gasteiger partial charge < -0.3 is 9.47 Å². The minimum Gasteiger partial charge on any atom is -0.493 e. The number of methoxy groups -OCH3 is 1. The summed E-state index contributed by atoms with van der Waals surface area (Å²) in [5, 5.41) is 15.8. The van der Waals surface area contributed by atoms with E-state index in [1.54, 1.807) is 0 Å². The first-order valence-electron chi connectivity index (χ1n) is 8.24. The largest absolute Gasteiger partial charge is 0.493 e. The van der Waals surface area contributed by atoms with Crippen LogP contribution in [0.2, 0.25) is 0 Å². The molecule has 3 rings (SSSR count). The van der Waals surface area contributed by atoms with Gasteiger partial charge in [0.1, 0.15) is 0 Å². The number of hydrogen-bond donors (Lipinski definition) is 1. The molecular formula is C19H17N3O5S. The number of nitrogens with one attached hydrogen (secondary N) is 1. The SMILES string of the molecule is COc1cc([N+](=O)[O-])ccc1OCC(=O)Nc1nc(-c2ccc(C)cc2)cs1. The first-order chi connectivity index (χ1) is 13.5. The summed E-state index contributed by atoms with van der Waals surface area (Å²) in [7, 11) is 1.37. The number of rotatable bonds is 7. The van der Waals surface area contributed by atoms with Crippen LogP contribution in [0.3, 0.4) is 0 Å². The first-order valence-corrected chi connectivity index (χ1v) is 9.12. The Morgan fingerprint density at radius 2 is 1.96 bits per heavy atom. The van der Waals surface area contributed by atoms with Crippen molar-refractivity contribution in [3.05, 3.63) is 63.5 Å². The molecule has 1 N–H and O–H groups in total. The Morgan fingerprint density at radius 1 is 1.21 bits per heavy atom. The highest BCUT2D eigenvalue weighted by Crippen LogP contribution is 2.31. The molecule has 1 amide bonds. The second-order valence-corrected chi connectivity index (χ2v) is 6.69. The molecule has 0 fully saturated rings. The van der Waals surface area contributed by atoms with Gasteiger partial charge in [-0.15, -0.1) is 11.3 Å². The fourth-order valence-electron chi connectivity index (χ4n) is 2.38. The molecule has 0 aliphatic rings. The normalized spacial score (nSPS) is 10.4. The molecule has 8 nitrogen and oxygen atoms in total. The zero-order valence-electron chi connectivity index (χ0n) is 15.2. The lowest BCUT2D eigenvalue weighted by Crippen LogP contribution is -2.20. The van der Waals surface area contributed by atoms with Gasteiger partial charge in [-0.3, -0.25) is 20.2 Å². The molecule has 28 heavy (non-hydrogen) atoms. The molecule has 3 aromatic rings. The van der Waals surface area contributed by atoms with E-state index in [2.05, 4.69) is 10.3 Å². The number of thiazole rings is 1. The van der Waals surface area contributed by atoms with E-state index in [0.29, 0.717) is 5.13 Å². The van der Waals surface area contributed by atoms with Crippen LogP contribution in [0.1, 0.15) is 5.56 Å². The molecule has 0 aliphatic carbocycles. The predicted octanol–water partition coefficient (Wildman–Crippen LogP) is 4.05. The van der Waals surface area contributed by atoms with Crippen LogP contribution in [0.25, 0.3) is 11.3 Å². The van der Waals surface area contributed by atoms with E-state index in [1.165, 1.54) is 36.6 Å². The number of aryl methyl sites for hydroxylation is 1. The number of non-ortho nitro benzene ring substituents is 1. The van der Waals surface area contributed by atoms with Gasteiger partial charge >= 0.3 is 0 Å². The van der Waals surface area contributed by atoms with E-state index in [4.69, 9.17) is 9.47 Å². The average molecular weight is 399 g/mol. The predicted molar refractivity (Wildman–Crippen MR) is 106 cm³/mol. The average Bonchev–Trinajstić information content (AvgIpc) is 3.15. The summed E-state index contributed by atoms with van der Waals surface area (Å²) in [6.07, 6.45) is 0. The summed E-state index contributed by atoms with van der Waals surface area (Å²) in [5.41, 5.74) is 2.78. The second kappa shape index (κ2) is 8.49. The number of hydrogen-bond acceptors (Lipinski definition) is 7. The van der Waals surface area contributed by atoms with E-state index < -0.39 is 10.8 Å². The molecule has 0 bridgehead atoms. The third-order valence-corrected chi connectivity index (χ3v) is 4.57. The van der Waals surface area contributed by atoms with Gasteiger partial charge in [0.25, 0.3) is 11.6 Å². The number of nitrogens with zero attached hydrogens (tertiary/aromatic N) is 2. The Bertz CT molecular complexity index is 1000. The minimum atomic E-state index is -0.535. The lowest BCUT2D eigenvalue weighted by atomic mass is 10.1. The molecule has 0 saturated heterocycles. The molecule has 2 aromatic carbocycles. The molecule has 0 aliphatic heterocycles. The molecule has 0 saturated carbocycles. The van der Waals surface area contributed by atoms with Crippen LogP contribution in [0.5, 0.6) is 11.5 Å². The highest BCUT2D eigenvalue weighted by atomic mass is 32.1. The lowest BCUT2D eigenvalue weighted by Gasteiger charge is -2.09. The molecule has 1 aromatic heterocycles. The van der Waals surface area contributed by atoms with Crippen LogP contribution in [-0.2, 0) is 4.79 Å². The summed E-state index contributed by atoms with van der Waals surface area (Å²) in [4.78, 5) is 26.8. The highest BCUT2D eigenvalue weighted by molar-refractivity contribution is 7.14. The van der Waals surface area contributed by atoms with Crippen molar-refractivity contribution in [1.82, 2.24) is 4.98 Å². The van der Waals surface area contributed by atoms with E-state index in [1.807, 2.05) is 36.6 Å². The van der Waals surface area contributed by atoms with Crippen LogP contribution in [-0.4, -0.2) is 29.5 Å². The first kappa shape index (κ1) is 19.3. The molecular weight excluding hydrogens is 382 g/mol. The van der Waals surface area contributed by atoms with Crippen molar-refractivity contribution >= 4 is 28.1 Å². The van der Waals surface area contributed by atoms with Crippen LogP contribution < -0.4 is 14.8 Å². The smallest absolute Gasteiger partial charge is 0.273 e. The van der Waals surface area contributed by atoms with E-state index >= 15 is 0 Å². The number of carbonyl (C=O) groups is 1. The number of nitro benzene ring substituents is 1. The van der Waals surface area contributed by atoms with Crippen molar-refractivity contribution in [2.24, 2.45) is 0 Å². The summed E-state index contributed by atoms with van der Waals surface area (Å²) >= 11 is 1.31. The van der Waals surface area contributed by atoms with Gasteiger partial charge in [0.2, 0.25) is 0 Å². The lowest BCUT2D eigenvalue weighted by molar-refractivity contribution is -0.384. The number of ether oxygens (including phenoxy) is 2. The maximum atomic E-state index is 12.1. The van der Waals surface area contributed by atoms with Gasteiger partial charge in [0.15, 0.2) is 23.2 Å². The molecule has 0 atom stereocenters. The Hall–Kier alpha value is -3.46. The summed E-state index contributed by atoms with van der Waals surface area (Å²) in [6, 6.07) is 11.9. The topological polar surface area (TPSA) is 104 Å². The Morgan fingerprint density at radius 3 is 2.64 bits per heavy atom. The van der Waals surface area contributed by atoms with Crippen LogP contribution in [0.15, 0.2) is 47.8 Å². The minimum absolute atomic E-state index is 0.125. The molecule has 0 unspecified atom stereocenters. The van der Waals surface area contributed by atoms with Gasteiger partial charge in [0.05, 0.1) is 23.8 Å². The van der Waals surface area contributed by atoms with E-state index in [-0.39, 0.29) is 23.8 Å². The quantitative estimate of drug-likeness (QED) is 0.475. The van der Waals surface area contributed by atoms with Crippen molar-refractivity contribution in [3.63, 3.8) is 0 Å². The molecule has 0 radical (unpaired) electrons. The Labute approximate surface area is 164 Å². The van der Waals surface area contributed by atoms with Gasteiger partial charge in [-0.1, -0.05) is 29.8 Å². The third kappa shape index (κ3) is 4.63. The highest BCUT2D eigenvalue weighted by Gasteiger charge is 2.14. The number of aromatic nitrogens is 1. The number of nitro groups is 1. The van der Waals surface area contributed by atoms with Gasteiger partial charge in [-0.2, -0.15) is 0 Å². The molecule has 0 spiro atoms. The third-order valence-electron chi connectivity index (χ3n) is 3.81. The Kier molecular flexibility index (Phi) is 5.85. The van der Waals surface area contributed by atoms with Gasteiger partial charge in [-0.05, 0) is 13.0 Å². The standard InChI is InChI=1S/C19H17N3O5S/c1-12-3-5-13(6-4-12)15-11-28-19(20-15)21-18(23)10-27-16-8-7-14(22(24)25)9-17(16)26-2/h3-9,11H,10H2,1-2H3,(H,20,21,23). The van der Waals surface area contributed by atoms with Crippen molar-refractivity contribution in [2.75, 3.05) is 19.0 Å². The van der Waals surface area contributed by atoms with Crippen LogP contribution in [0, 0.1) is 17.0 Å². The van der Waals surface area contributed by atoms with Gasteiger partial charge in [0, 0.05) is 17.0 Å². The molecule has 144 valence electrons. The van der Waals surface area contributed by atoms with Crippen molar-refractivity contribution in [2.45, 2.75) is 6.92 Å². The molecule has 9 heteroatoms. The van der Waals surface area contributed by atoms with Crippen molar-refractivity contribution in [3.8, 4) is 22.8 Å². The summed E-state index contributed by atoms with van der Waals surface area (Å²) in [5.74, 6) is 0.0193. The van der Waals surface area contributed by atoms with Crippen molar-refractivity contribution < 1.29 is 19.2 Å². The van der Waals surface area contributed by atoms with E-state index in [9.17, 15) is 14.9 Å². The summed E-state index contributed by atoms with van der Waals surface area (Å²) < 4.78 is 10.5. The summed E-state index contributed by atoms with van der Waals surface area (Å²) in [6.45, 7) is 1.73. The number of carbonyl (C=O) groups excluding carboxylic acids is 1. The Balaban J connectivity index is 1.61. The fourth-order valence-corrected chi connectivity index (χ4v) is 3.11. The number of amides is 1. The van der Waals surface area contributed by atoms with Crippen LogP contribution in [0.4, 0.5) is 10.8 Å². The van der Waals surface area contributed by atoms with E-state index in [0.717, 1.165) is 16.8 Å². The fraction of sp³-hybridized carbons (Fsp3) is 0.158.